The largest absolute Gasteiger partial charge is 0.310 e. The van der Waals surface area contributed by atoms with Crippen molar-refractivity contribution in [2.75, 3.05) is 4.90 Å². The molecule has 0 heterocycles. The lowest BCUT2D eigenvalue weighted by Crippen LogP contribution is -2.48. The Morgan fingerprint density at radius 3 is 1.73 bits per heavy atom. The normalized spacial score (nSPS) is 24.4. The third-order valence-corrected chi connectivity index (χ3v) is 12.8. The van der Waals surface area contributed by atoms with Crippen LogP contribution in [0, 0.1) is 17.8 Å². The van der Waals surface area contributed by atoms with Gasteiger partial charge in [0.25, 0.3) is 0 Å². The van der Waals surface area contributed by atoms with Crippen LogP contribution in [0.1, 0.15) is 69.1 Å². The number of hydrogen-bond acceptors (Lipinski definition) is 1. The van der Waals surface area contributed by atoms with E-state index in [1.807, 2.05) is 0 Å². The molecule has 6 aromatic rings. The van der Waals surface area contributed by atoms with Gasteiger partial charge in [-0.1, -0.05) is 111 Å². The van der Waals surface area contributed by atoms with Crippen molar-refractivity contribution in [3.05, 3.63) is 150 Å². The molecule has 0 saturated heterocycles. The second kappa shape index (κ2) is 10.4. The summed E-state index contributed by atoms with van der Waals surface area (Å²) in [4.78, 5) is 2.44. The lowest BCUT2D eigenvalue weighted by molar-refractivity contribution is -0.00518. The van der Waals surface area contributed by atoms with Gasteiger partial charge < -0.3 is 4.90 Å². The van der Waals surface area contributed by atoms with E-state index in [-0.39, 0.29) is 5.41 Å². The molecule has 5 aliphatic rings. The number of nitrogens with zero attached hydrogens (tertiary/aromatic N) is 1. The van der Waals surface area contributed by atoms with Crippen LogP contribution in [-0.4, -0.2) is 0 Å². The van der Waals surface area contributed by atoms with Crippen LogP contribution in [0.25, 0.3) is 33.0 Å². The first-order valence-corrected chi connectivity index (χ1v) is 18.2. The summed E-state index contributed by atoms with van der Waals surface area (Å²) in [5.74, 6) is 2.92. The summed E-state index contributed by atoms with van der Waals surface area (Å²) >= 11 is 0. The topological polar surface area (TPSA) is 3.24 Å². The van der Waals surface area contributed by atoms with Crippen LogP contribution in [0.3, 0.4) is 0 Å². The highest BCUT2D eigenvalue weighted by Gasteiger charge is 2.51. The van der Waals surface area contributed by atoms with E-state index in [0.29, 0.717) is 5.41 Å². The molecule has 0 radical (unpaired) electrons. The second-order valence-corrected chi connectivity index (χ2v) is 16.1. The van der Waals surface area contributed by atoms with Crippen LogP contribution >= 0.6 is 0 Å². The Hall–Kier alpha value is -4.62. The van der Waals surface area contributed by atoms with Gasteiger partial charge in [0, 0.05) is 22.5 Å². The fraction of sp³-hybridized carbons (Fsp3) is 0.277. The van der Waals surface area contributed by atoms with E-state index >= 15 is 0 Å². The van der Waals surface area contributed by atoms with Gasteiger partial charge in [-0.2, -0.15) is 0 Å². The zero-order valence-electron chi connectivity index (χ0n) is 28.1. The minimum absolute atomic E-state index is 0.0524. The van der Waals surface area contributed by atoms with Crippen molar-refractivity contribution in [1.29, 1.82) is 0 Å². The van der Waals surface area contributed by atoms with Crippen molar-refractivity contribution in [3.63, 3.8) is 0 Å². The lowest BCUT2D eigenvalue weighted by Gasteiger charge is -2.57. The van der Waals surface area contributed by atoms with Crippen molar-refractivity contribution in [3.8, 4) is 22.3 Å². The minimum atomic E-state index is -0.0524. The number of anilines is 3. The van der Waals surface area contributed by atoms with Crippen molar-refractivity contribution >= 4 is 27.8 Å². The summed E-state index contributed by atoms with van der Waals surface area (Å²) in [7, 11) is 0. The average molecular weight is 622 g/mol. The molecule has 0 amide bonds. The molecule has 48 heavy (non-hydrogen) atoms. The second-order valence-electron chi connectivity index (χ2n) is 16.1. The first-order chi connectivity index (χ1) is 23.4. The first-order valence-electron chi connectivity index (χ1n) is 18.2. The van der Waals surface area contributed by atoms with Crippen molar-refractivity contribution < 1.29 is 0 Å². The molecular formula is C47H43N. The molecule has 6 aromatic carbocycles. The molecule has 0 aliphatic heterocycles. The van der Waals surface area contributed by atoms with Crippen LogP contribution in [-0.2, 0) is 10.8 Å². The maximum atomic E-state index is 2.47. The summed E-state index contributed by atoms with van der Waals surface area (Å²) in [6.45, 7) is 4.73. The maximum absolute atomic E-state index is 2.47. The predicted octanol–water partition coefficient (Wildman–Crippen LogP) is 12.8. The summed E-state index contributed by atoms with van der Waals surface area (Å²) in [5.41, 5.74) is 13.6. The number of fused-ring (bicyclic) bond motifs is 4. The fourth-order valence-corrected chi connectivity index (χ4v) is 10.9. The molecule has 4 bridgehead atoms. The van der Waals surface area contributed by atoms with E-state index in [4.69, 9.17) is 0 Å². The Morgan fingerprint density at radius 1 is 0.479 bits per heavy atom. The summed E-state index contributed by atoms with van der Waals surface area (Å²) in [5, 5.41) is 2.52. The highest BCUT2D eigenvalue weighted by atomic mass is 15.1. The van der Waals surface area contributed by atoms with E-state index < -0.39 is 0 Å². The molecule has 0 aromatic heterocycles. The predicted molar refractivity (Wildman–Crippen MR) is 201 cm³/mol. The van der Waals surface area contributed by atoms with E-state index in [2.05, 4.69) is 152 Å². The SMILES string of the molecule is CC1(C)c2ccccc2-c2ccc(N(c3ccc(-c4ccc(C56CC7CC(CC(C7)C5)C6)cc4)cc3)c3ccc4ccccc4c3)cc21. The summed E-state index contributed by atoms with van der Waals surface area (Å²) < 4.78 is 0. The highest BCUT2D eigenvalue weighted by molar-refractivity contribution is 5.91. The van der Waals surface area contributed by atoms with E-state index in [0.717, 1.165) is 17.8 Å². The van der Waals surface area contributed by atoms with Gasteiger partial charge in [0.05, 0.1) is 0 Å². The van der Waals surface area contributed by atoms with Gasteiger partial charge in [-0.3, -0.25) is 0 Å². The van der Waals surface area contributed by atoms with Gasteiger partial charge in [0.2, 0.25) is 0 Å². The molecule has 236 valence electrons. The average Bonchev–Trinajstić information content (AvgIpc) is 3.34. The number of hydrogen-bond donors (Lipinski definition) is 0. The first kappa shape index (κ1) is 28.4. The van der Waals surface area contributed by atoms with Gasteiger partial charge >= 0.3 is 0 Å². The Labute approximate surface area is 285 Å². The summed E-state index contributed by atoms with van der Waals surface area (Å²) in [6.07, 6.45) is 8.75. The molecule has 0 spiro atoms. The quantitative estimate of drug-likeness (QED) is 0.185. The maximum Gasteiger partial charge on any atom is 0.0468 e. The lowest BCUT2D eigenvalue weighted by atomic mass is 9.48. The number of rotatable bonds is 5. The van der Waals surface area contributed by atoms with Crippen LogP contribution in [0.4, 0.5) is 17.1 Å². The summed E-state index contributed by atoms with van der Waals surface area (Å²) in [6, 6.07) is 50.5. The van der Waals surface area contributed by atoms with Crippen LogP contribution in [0.15, 0.2) is 133 Å². The molecule has 0 unspecified atom stereocenters. The molecule has 0 atom stereocenters. The van der Waals surface area contributed by atoms with Crippen LogP contribution in [0.5, 0.6) is 0 Å². The Bertz CT molecular complexity index is 2150. The van der Waals surface area contributed by atoms with Gasteiger partial charge in [-0.25, -0.2) is 0 Å². The van der Waals surface area contributed by atoms with E-state index in [1.54, 1.807) is 5.56 Å². The van der Waals surface area contributed by atoms with Crippen LogP contribution in [0.2, 0.25) is 0 Å². The van der Waals surface area contributed by atoms with Crippen molar-refractivity contribution in [2.45, 2.75) is 63.2 Å². The van der Waals surface area contributed by atoms with Gasteiger partial charge in [-0.15, -0.1) is 0 Å². The standard InChI is InChI=1S/C47H43N/c1-46(2)44-10-6-5-9-42(44)43-22-21-41(27-45(43)46)48(40-20-15-34-7-3-4-8-37(34)26-40)39-18-13-36(14-19-39)35-11-16-38(17-12-35)47-28-31-23-32(29-47)25-33(24-31)30-47/h3-22,26-27,31-33H,23-25,28-30H2,1-2H3. The zero-order chi connectivity index (χ0) is 32.0. The third kappa shape index (κ3) is 4.36. The molecule has 1 nitrogen and oxygen atoms in total. The number of benzene rings is 6. The Kier molecular flexibility index (Phi) is 6.18. The monoisotopic (exact) mass is 621 g/mol. The van der Waals surface area contributed by atoms with Gasteiger partial charge in [0.1, 0.15) is 0 Å². The highest BCUT2D eigenvalue weighted by Crippen LogP contribution is 2.61. The van der Waals surface area contributed by atoms with Gasteiger partial charge in [0.15, 0.2) is 0 Å². The zero-order valence-corrected chi connectivity index (χ0v) is 28.1. The molecule has 4 saturated carbocycles. The smallest absolute Gasteiger partial charge is 0.0468 e. The molecule has 11 rings (SSSR count). The molecular weight excluding hydrogens is 579 g/mol. The minimum Gasteiger partial charge on any atom is -0.310 e. The third-order valence-electron chi connectivity index (χ3n) is 12.8. The molecule has 5 aliphatic carbocycles. The Morgan fingerprint density at radius 2 is 1.02 bits per heavy atom. The Balaban J connectivity index is 1.02. The van der Waals surface area contributed by atoms with Crippen molar-refractivity contribution in [2.24, 2.45) is 17.8 Å². The van der Waals surface area contributed by atoms with E-state index in [9.17, 15) is 0 Å². The van der Waals surface area contributed by atoms with Crippen molar-refractivity contribution in [1.82, 2.24) is 0 Å². The van der Waals surface area contributed by atoms with E-state index in [1.165, 1.54) is 99.7 Å². The van der Waals surface area contributed by atoms with Gasteiger partial charge in [-0.05, 0) is 148 Å². The molecule has 0 N–H and O–H groups in total. The van der Waals surface area contributed by atoms with Crippen LogP contribution < -0.4 is 4.90 Å². The fourth-order valence-electron chi connectivity index (χ4n) is 10.9. The molecule has 1 heteroatoms. The molecule has 4 fully saturated rings.